The van der Waals surface area contributed by atoms with Crippen LogP contribution in [0.15, 0.2) is 60.7 Å². The topological polar surface area (TPSA) is 116 Å². The molecule has 9 heteroatoms. The van der Waals surface area contributed by atoms with Crippen molar-refractivity contribution in [3.05, 3.63) is 77.6 Å². The minimum absolute atomic E-state index is 0.0360. The van der Waals surface area contributed by atoms with Crippen LogP contribution < -0.4 is 15.2 Å². The number of nitrogens with two attached hydrogens (primary N) is 1. The zero-order valence-corrected chi connectivity index (χ0v) is 21.1. The number of benzene rings is 3. The lowest BCUT2D eigenvalue weighted by molar-refractivity contribution is -0.117. The number of para-hydroxylation sites is 1. The quantitative estimate of drug-likeness (QED) is 0.352. The summed E-state index contributed by atoms with van der Waals surface area (Å²) in [6, 6.07) is 16.2. The first kappa shape index (κ1) is 27.0. The minimum atomic E-state index is -3.66. The lowest BCUT2D eigenvalue weighted by Crippen LogP contribution is -2.37. The lowest BCUT2D eigenvalue weighted by atomic mass is 10.00. The standard InChI is InChI=1S/C27H30FNO6S/c1-3-18-15-22(19-9-11-21(28)12-10-19)23(30)17-25(18)35-14-6-13-34-24-8-5-4-7-20(24)16-26(27(29)31)36(2,32)33/h4-5,7-12,15,17,26,30H,3,6,13-14,16H2,1-2H3,(H2,29,31). The molecule has 3 N–H and O–H groups in total. The third-order valence-corrected chi connectivity index (χ3v) is 7.16. The van der Waals surface area contributed by atoms with Gasteiger partial charge in [-0.15, -0.1) is 0 Å². The number of phenolic OH excluding ortho intramolecular Hbond substituents is 1. The molecule has 3 rings (SSSR count). The van der Waals surface area contributed by atoms with Crippen LogP contribution in [0.4, 0.5) is 4.39 Å². The number of aryl methyl sites for hydroxylation is 1. The van der Waals surface area contributed by atoms with Gasteiger partial charge in [-0.3, -0.25) is 4.79 Å². The second kappa shape index (κ2) is 11.9. The second-order valence-electron chi connectivity index (χ2n) is 8.42. The van der Waals surface area contributed by atoms with Gasteiger partial charge < -0.3 is 20.3 Å². The fraction of sp³-hybridized carbons (Fsp3) is 0.296. The number of sulfone groups is 1. The predicted molar refractivity (Wildman–Crippen MR) is 136 cm³/mol. The molecule has 3 aromatic carbocycles. The fourth-order valence-corrected chi connectivity index (χ4v) is 4.69. The van der Waals surface area contributed by atoms with E-state index < -0.39 is 21.0 Å². The van der Waals surface area contributed by atoms with Crippen LogP contribution in [0.2, 0.25) is 0 Å². The van der Waals surface area contributed by atoms with Gasteiger partial charge in [0.1, 0.15) is 28.3 Å². The van der Waals surface area contributed by atoms with Crippen LogP contribution in [0.25, 0.3) is 11.1 Å². The van der Waals surface area contributed by atoms with E-state index in [1.807, 2.05) is 13.0 Å². The van der Waals surface area contributed by atoms with Crippen LogP contribution >= 0.6 is 0 Å². The number of carbonyl (C=O) groups excluding carboxylic acids is 1. The third-order valence-electron chi connectivity index (χ3n) is 5.73. The van der Waals surface area contributed by atoms with Gasteiger partial charge in [0.05, 0.1) is 13.2 Å². The number of carbonyl (C=O) groups is 1. The number of aromatic hydroxyl groups is 1. The monoisotopic (exact) mass is 515 g/mol. The number of halogens is 1. The normalized spacial score (nSPS) is 12.2. The number of amides is 1. The van der Waals surface area contributed by atoms with Crippen LogP contribution in [0.5, 0.6) is 17.2 Å². The van der Waals surface area contributed by atoms with Gasteiger partial charge in [-0.1, -0.05) is 37.3 Å². The summed E-state index contributed by atoms with van der Waals surface area (Å²) in [6.07, 6.45) is 2.11. The van der Waals surface area contributed by atoms with Gasteiger partial charge in [-0.05, 0) is 47.4 Å². The van der Waals surface area contributed by atoms with Gasteiger partial charge in [0.2, 0.25) is 5.91 Å². The Labute approximate surface area is 210 Å². The molecule has 0 fully saturated rings. The summed E-state index contributed by atoms with van der Waals surface area (Å²) in [4.78, 5) is 11.6. The SMILES string of the molecule is CCc1cc(-c2ccc(F)cc2)c(O)cc1OCCCOc1ccccc1CC(C(N)=O)S(C)(=O)=O. The van der Waals surface area contributed by atoms with E-state index in [-0.39, 0.29) is 24.6 Å². The molecule has 3 aromatic rings. The Morgan fingerprint density at radius 3 is 2.25 bits per heavy atom. The van der Waals surface area contributed by atoms with Gasteiger partial charge in [-0.25, -0.2) is 12.8 Å². The predicted octanol–water partition coefficient (Wildman–Crippen LogP) is 4.05. The molecular weight excluding hydrogens is 485 g/mol. The lowest BCUT2D eigenvalue weighted by Gasteiger charge is -2.16. The smallest absolute Gasteiger partial charge is 0.236 e. The summed E-state index contributed by atoms with van der Waals surface area (Å²) in [6.45, 7) is 2.58. The van der Waals surface area contributed by atoms with E-state index >= 15 is 0 Å². The van der Waals surface area contributed by atoms with Crippen LogP contribution in [0, 0.1) is 5.82 Å². The molecule has 0 bridgehead atoms. The molecule has 0 aromatic heterocycles. The first-order valence-electron chi connectivity index (χ1n) is 11.5. The highest BCUT2D eigenvalue weighted by molar-refractivity contribution is 7.92. The van der Waals surface area contributed by atoms with Gasteiger partial charge in [0, 0.05) is 30.7 Å². The largest absolute Gasteiger partial charge is 0.507 e. The van der Waals surface area contributed by atoms with Crippen molar-refractivity contribution >= 4 is 15.7 Å². The Morgan fingerprint density at radius 2 is 1.64 bits per heavy atom. The number of rotatable bonds is 12. The number of primary amides is 1. The number of phenols is 1. The molecule has 0 aliphatic heterocycles. The molecule has 1 unspecified atom stereocenters. The van der Waals surface area contributed by atoms with Crippen molar-refractivity contribution < 1.29 is 32.2 Å². The molecular formula is C27H30FNO6S. The molecule has 0 spiro atoms. The Morgan fingerprint density at radius 1 is 1.00 bits per heavy atom. The van der Waals surface area contributed by atoms with Crippen LogP contribution in [-0.4, -0.2) is 44.2 Å². The first-order chi connectivity index (χ1) is 17.1. The Kier molecular flexibility index (Phi) is 8.93. The average molecular weight is 516 g/mol. The molecule has 0 heterocycles. The van der Waals surface area contributed by atoms with E-state index in [1.54, 1.807) is 42.5 Å². The highest BCUT2D eigenvalue weighted by atomic mass is 32.2. The van der Waals surface area contributed by atoms with E-state index in [4.69, 9.17) is 15.2 Å². The molecule has 1 amide bonds. The summed E-state index contributed by atoms with van der Waals surface area (Å²) in [7, 11) is -3.66. The van der Waals surface area contributed by atoms with E-state index in [0.717, 1.165) is 11.8 Å². The van der Waals surface area contributed by atoms with E-state index in [9.17, 15) is 22.7 Å². The molecule has 1 atom stereocenters. The van der Waals surface area contributed by atoms with Crippen LogP contribution in [-0.2, 0) is 27.5 Å². The van der Waals surface area contributed by atoms with Crippen molar-refractivity contribution in [2.24, 2.45) is 5.73 Å². The van der Waals surface area contributed by atoms with Crippen molar-refractivity contribution in [2.75, 3.05) is 19.5 Å². The fourth-order valence-electron chi connectivity index (χ4n) is 3.78. The first-order valence-corrected chi connectivity index (χ1v) is 13.5. The molecule has 0 saturated carbocycles. The zero-order chi connectivity index (χ0) is 26.3. The van der Waals surface area contributed by atoms with Crippen molar-refractivity contribution in [3.8, 4) is 28.4 Å². The van der Waals surface area contributed by atoms with Gasteiger partial charge in [-0.2, -0.15) is 0 Å². The van der Waals surface area contributed by atoms with Crippen molar-refractivity contribution in [1.29, 1.82) is 0 Å². The summed E-state index contributed by atoms with van der Waals surface area (Å²) < 4.78 is 48.8. The van der Waals surface area contributed by atoms with Crippen molar-refractivity contribution in [2.45, 2.75) is 31.4 Å². The van der Waals surface area contributed by atoms with Crippen LogP contribution in [0.3, 0.4) is 0 Å². The molecule has 192 valence electrons. The molecule has 0 aliphatic rings. The molecule has 7 nitrogen and oxygen atoms in total. The summed E-state index contributed by atoms with van der Waals surface area (Å²) in [5.74, 6) is -0.182. The maximum atomic E-state index is 13.2. The molecule has 36 heavy (non-hydrogen) atoms. The average Bonchev–Trinajstić information content (AvgIpc) is 2.83. The number of ether oxygens (including phenoxy) is 2. The third kappa shape index (κ3) is 6.97. The van der Waals surface area contributed by atoms with Gasteiger partial charge >= 0.3 is 0 Å². The number of hydrogen-bond donors (Lipinski definition) is 2. The van der Waals surface area contributed by atoms with Crippen molar-refractivity contribution in [1.82, 2.24) is 0 Å². The highest BCUT2D eigenvalue weighted by Gasteiger charge is 2.28. The van der Waals surface area contributed by atoms with Gasteiger partial charge in [0.25, 0.3) is 0 Å². The molecule has 0 saturated heterocycles. The Balaban J connectivity index is 1.61. The maximum absolute atomic E-state index is 13.2. The molecule has 0 radical (unpaired) electrons. The van der Waals surface area contributed by atoms with E-state index in [1.165, 1.54) is 12.1 Å². The Hall–Kier alpha value is -3.59. The zero-order valence-electron chi connectivity index (χ0n) is 20.2. The minimum Gasteiger partial charge on any atom is -0.507 e. The maximum Gasteiger partial charge on any atom is 0.236 e. The van der Waals surface area contributed by atoms with E-state index in [2.05, 4.69) is 0 Å². The summed E-state index contributed by atoms with van der Waals surface area (Å²) in [5, 5.41) is 9.18. The van der Waals surface area contributed by atoms with Gasteiger partial charge in [0.15, 0.2) is 9.84 Å². The second-order valence-corrected chi connectivity index (χ2v) is 10.6. The van der Waals surface area contributed by atoms with E-state index in [0.29, 0.717) is 47.6 Å². The molecule has 0 aliphatic carbocycles. The highest BCUT2D eigenvalue weighted by Crippen LogP contribution is 2.36. The summed E-state index contributed by atoms with van der Waals surface area (Å²) in [5.41, 5.74) is 8.07. The number of hydrogen-bond acceptors (Lipinski definition) is 6. The van der Waals surface area contributed by atoms with Crippen molar-refractivity contribution in [3.63, 3.8) is 0 Å². The Bertz CT molecular complexity index is 1310. The van der Waals surface area contributed by atoms with Crippen LogP contribution in [0.1, 0.15) is 24.5 Å². The summed E-state index contributed by atoms with van der Waals surface area (Å²) >= 11 is 0.